The molecule has 34 heavy (non-hydrogen) atoms. The van der Waals surface area contributed by atoms with Crippen molar-refractivity contribution < 1.29 is 13.9 Å². The van der Waals surface area contributed by atoms with Crippen LogP contribution in [-0.4, -0.2) is 28.0 Å². The van der Waals surface area contributed by atoms with E-state index in [1.54, 1.807) is 56.7 Å². The molecule has 0 unspecified atom stereocenters. The first-order valence-corrected chi connectivity index (χ1v) is 10.5. The predicted molar refractivity (Wildman–Crippen MR) is 130 cm³/mol. The Morgan fingerprint density at radius 3 is 2.59 bits per heavy atom. The molecule has 2 aromatic carbocycles. The van der Waals surface area contributed by atoms with Gasteiger partial charge < -0.3 is 20.7 Å². The third kappa shape index (κ3) is 5.26. The average molecular weight is 458 g/mol. The Morgan fingerprint density at radius 2 is 1.79 bits per heavy atom. The third-order valence-corrected chi connectivity index (χ3v) is 5.01. The number of aryl methyl sites for hydroxylation is 2. The molecule has 4 rings (SSSR count). The Hall–Kier alpha value is -4.53. The van der Waals surface area contributed by atoms with Crippen molar-refractivity contribution in [3.05, 3.63) is 83.9 Å². The number of anilines is 3. The van der Waals surface area contributed by atoms with E-state index in [0.29, 0.717) is 40.2 Å². The van der Waals surface area contributed by atoms with E-state index in [0.717, 1.165) is 11.1 Å². The average Bonchev–Trinajstić information content (AvgIpc) is 2.83. The number of halogens is 1. The number of carbonyl (C=O) groups is 1. The summed E-state index contributed by atoms with van der Waals surface area (Å²) in [5.74, 6) is 1.04. The highest BCUT2D eigenvalue weighted by Crippen LogP contribution is 2.33. The minimum Gasteiger partial charge on any atom is -0.438 e. The second-order valence-electron chi connectivity index (χ2n) is 7.49. The van der Waals surface area contributed by atoms with Crippen molar-refractivity contribution in [2.75, 3.05) is 23.0 Å². The number of pyridine rings is 1. The molecule has 0 radical (unpaired) electrons. The molecule has 2 heterocycles. The summed E-state index contributed by atoms with van der Waals surface area (Å²) >= 11 is 0. The molecule has 9 heteroatoms. The number of aromatic nitrogens is 3. The molecule has 172 valence electrons. The van der Waals surface area contributed by atoms with Gasteiger partial charge in [0.25, 0.3) is 0 Å². The number of hydrogen-bond donors (Lipinski definition) is 3. The number of nitrogens with one attached hydrogen (secondary N) is 3. The minimum absolute atomic E-state index is 0.395. The first kappa shape index (κ1) is 22.7. The first-order valence-electron chi connectivity index (χ1n) is 10.5. The lowest BCUT2D eigenvalue weighted by atomic mass is 10.2. The van der Waals surface area contributed by atoms with Gasteiger partial charge in [-0.3, -0.25) is 0 Å². The molecule has 0 fully saturated rings. The van der Waals surface area contributed by atoms with Crippen LogP contribution in [0.1, 0.15) is 11.1 Å². The third-order valence-electron chi connectivity index (χ3n) is 5.01. The fraction of sp³-hybridized carbons (Fsp3) is 0.120. The SMILES string of the molecule is CNc1nccc(-c2cccnc2Oc2ccc(NC(=O)Nc3cc(F)ccc3C)cc2C)n1. The molecule has 0 saturated heterocycles. The fourth-order valence-corrected chi connectivity index (χ4v) is 3.26. The van der Waals surface area contributed by atoms with Crippen LogP contribution >= 0.6 is 0 Å². The second-order valence-corrected chi connectivity index (χ2v) is 7.49. The summed E-state index contributed by atoms with van der Waals surface area (Å²) in [5, 5.41) is 8.33. The van der Waals surface area contributed by atoms with Gasteiger partial charge in [-0.15, -0.1) is 0 Å². The van der Waals surface area contributed by atoms with E-state index >= 15 is 0 Å². The topological polar surface area (TPSA) is 101 Å². The maximum atomic E-state index is 13.5. The van der Waals surface area contributed by atoms with Crippen molar-refractivity contribution in [3.8, 4) is 22.9 Å². The van der Waals surface area contributed by atoms with Gasteiger partial charge in [0.2, 0.25) is 11.8 Å². The van der Waals surface area contributed by atoms with E-state index in [-0.39, 0.29) is 0 Å². The maximum absolute atomic E-state index is 13.5. The number of carbonyl (C=O) groups excluding carboxylic acids is 1. The Balaban J connectivity index is 1.50. The van der Waals surface area contributed by atoms with Gasteiger partial charge in [0.15, 0.2) is 0 Å². The largest absolute Gasteiger partial charge is 0.438 e. The summed E-state index contributed by atoms with van der Waals surface area (Å²) < 4.78 is 19.6. The van der Waals surface area contributed by atoms with E-state index < -0.39 is 11.8 Å². The first-order chi connectivity index (χ1) is 16.4. The van der Waals surface area contributed by atoms with Crippen LogP contribution in [0, 0.1) is 19.7 Å². The molecule has 0 atom stereocenters. The van der Waals surface area contributed by atoms with Crippen LogP contribution in [0.15, 0.2) is 67.0 Å². The molecule has 2 amide bonds. The molecule has 2 aromatic heterocycles. The number of nitrogens with zero attached hydrogens (tertiary/aromatic N) is 3. The number of amides is 2. The van der Waals surface area contributed by atoms with Gasteiger partial charge in [0.1, 0.15) is 11.6 Å². The van der Waals surface area contributed by atoms with Crippen molar-refractivity contribution in [2.24, 2.45) is 0 Å². The number of ether oxygens (including phenoxy) is 1. The van der Waals surface area contributed by atoms with E-state index in [4.69, 9.17) is 4.74 Å². The van der Waals surface area contributed by atoms with Gasteiger partial charge >= 0.3 is 6.03 Å². The number of urea groups is 1. The molecule has 0 spiro atoms. The van der Waals surface area contributed by atoms with Crippen LogP contribution < -0.4 is 20.7 Å². The Kier molecular flexibility index (Phi) is 6.63. The zero-order chi connectivity index (χ0) is 24.1. The molecule has 0 saturated carbocycles. The van der Waals surface area contributed by atoms with Gasteiger partial charge in [-0.1, -0.05) is 6.07 Å². The highest BCUT2D eigenvalue weighted by Gasteiger charge is 2.13. The lowest BCUT2D eigenvalue weighted by Crippen LogP contribution is -2.20. The van der Waals surface area contributed by atoms with Crippen molar-refractivity contribution >= 4 is 23.4 Å². The summed E-state index contributed by atoms with van der Waals surface area (Å²) in [7, 11) is 1.75. The lowest BCUT2D eigenvalue weighted by Gasteiger charge is -2.14. The molecule has 3 N–H and O–H groups in total. The van der Waals surface area contributed by atoms with E-state index in [9.17, 15) is 9.18 Å². The van der Waals surface area contributed by atoms with Crippen molar-refractivity contribution in [1.82, 2.24) is 15.0 Å². The van der Waals surface area contributed by atoms with Crippen molar-refractivity contribution in [3.63, 3.8) is 0 Å². The number of rotatable bonds is 6. The molecular weight excluding hydrogens is 435 g/mol. The minimum atomic E-state index is -0.474. The summed E-state index contributed by atoms with van der Waals surface area (Å²) in [6, 6.07) is 14.4. The summed E-state index contributed by atoms with van der Waals surface area (Å²) in [5.41, 5.74) is 3.90. The van der Waals surface area contributed by atoms with Gasteiger partial charge in [-0.2, -0.15) is 0 Å². The standard InChI is InChI=1S/C25H23FN6O2/c1-15-6-7-17(26)14-21(15)32-25(33)30-18-8-9-22(16(2)13-18)34-23-19(5-4-11-28-23)20-10-12-29-24(27-3)31-20/h4-14H,1-3H3,(H,27,29,31)(H2,30,32,33). The highest BCUT2D eigenvalue weighted by molar-refractivity contribution is 6.00. The van der Waals surface area contributed by atoms with Crippen LogP contribution in [0.4, 0.5) is 26.5 Å². The fourth-order valence-electron chi connectivity index (χ4n) is 3.26. The smallest absolute Gasteiger partial charge is 0.323 e. The van der Waals surface area contributed by atoms with Gasteiger partial charge in [-0.05, 0) is 73.5 Å². The number of hydrogen-bond acceptors (Lipinski definition) is 6. The molecular formula is C25H23FN6O2. The maximum Gasteiger partial charge on any atom is 0.323 e. The van der Waals surface area contributed by atoms with E-state index in [1.165, 1.54) is 12.1 Å². The molecule has 4 aromatic rings. The summed E-state index contributed by atoms with van der Waals surface area (Å²) in [6.07, 6.45) is 3.30. The molecule has 0 aliphatic carbocycles. The van der Waals surface area contributed by atoms with Crippen LogP contribution in [0.5, 0.6) is 11.6 Å². The van der Waals surface area contributed by atoms with Crippen LogP contribution in [-0.2, 0) is 0 Å². The van der Waals surface area contributed by atoms with Gasteiger partial charge in [0, 0.05) is 30.8 Å². The van der Waals surface area contributed by atoms with Crippen LogP contribution in [0.2, 0.25) is 0 Å². The summed E-state index contributed by atoms with van der Waals surface area (Å²) in [4.78, 5) is 25.3. The zero-order valence-electron chi connectivity index (χ0n) is 18.9. The monoisotopic (exact) mass is 458 g/mol. The molecule has 0 aliphatic rings. The molecule has 0 aliphatic heterocycles. The quantitative estimate of drug-likeness (QED) is 0.339. The van der Waals surface area contributed by atoms with E-state index in [2.05, 4.69) is 30.9 Å². The second kappa shape index (κ2) is 9.95. The van der Waals surface area contributed by atoms with E-state index in [1.807, 2.05) is 19.1 Å². The van der Waals surface area contributed by atoms with Crippen molar-refractivity contribution in [2.45, 2.75) is 13.8 Å². The van der Waals surface area contributed by atoms with Crippen molar-refractivity contribution in [1.29, 1.82) is 0 Å². The molecule has 0 bridgehead atoms. The zero-order valence-corrected chi connectivity index (χ0v) is 18.9. The lowest BCUT2D eigenvalue weighted by molar-refractivity contribution is 0.262. The summed E-state index contributed by atoms with van der Waals surface area (Å²) in [6.45, 7) is 3.65. The Labute approximate surface area is 196 Å². The molecule has 8 nitrogen and oxygen atoms in total. The van der Waals surface area contributed by atoms with Gasteiger partial charge in [-0.25, -0.2) is 24.1 Å². The normalized spacial score (nSPS) is 10.5. The predicted octanol–water partition coefficient (Wildman–Crippen LogP) is 5.77. The Bertz CT molecular complexity index is 1340. The Morgan fingerprint density at radius 1 is 0.941 bits per heavy atom. The number of benzene rings is 2. The van der Waals surface area contributed by atoms with Crippen LogP contribution in [0.3, 0.4) is 0 Å². The van der Waals surface area contributed by atoms with Gasteiger partial charge in [0.05, 0.1) is 11.3 Å². The highest BCUT2D eigenvalue weighted by atomic mass is 19.1. The van der Waals surface area contributed by atoms with Crippen LogP contribution in [0.25, 0.3) is 11.3 Å².